The molecule has 18 heavy (non-hydrogen) atoms. The highest BCUT2D eigenvalue weighted by molar-refractivity contribution is 5.90. The minimum atomic E-state index is -0.412. The predicted octanol–water partition coefficient (Wildman–Crippen LogP) is 1.71. The summed E-state index contributed by atoms with van der Waals surface area (Å²) >= 11 is 0. The molecule has 0 bridgehead atoms. The van der Waals surface area contributed by atoms with Gasteiger partial charge in [-0.1, -0.05) is 6.07 Å². The third-order valence-electron chi connectivity index (χ3n) is 2.78. The molecule has 0 fully saturated rings. The van der Waals surface area contributed by atoms with Crippen molar-refractivity contribution in [2.45, 2.75) is 20.0 Å². The van der Waals surface area contributed by atoms with Gasteiger partial charge < -0.3 is 14.6 Å². The molecular formula is C13H17NO4. The standard InChI is InChI=1S/C13H17NO4/c1-3-17-13(16)14-7-10(8-15)18-12-5-4-9(2)6-11(12)14/h4-6,10,15H,3,7-8H2,1-2H3. The molecule has 1 aromatic carbocycles. The molecule has 0 aromatic heterocycles. The third kappa shape index (κ3) is 2.41. The lowest BCUT2D eigenvalue weighted by Gasteiger charge is -2.33. The monoisotopic (exact) mass is 251 g/mol. The van der Waals surface area contributed by atoms with E-state index in [9.17, 15) is 9.90 Å². The van der Waals surface area contributed by atoms with Gasteiger partial charge in [0.05, 0.1) is 25.4 Å². The van der Waals surface area contributed by atoms with Crippen LogP contribution < -0.4 is 9.64 Å². The minimum absolute atomic E-state index is 0.136. The van der Waals surface area contributed by atoms with Crippen molar-refractivity contribution in [3.8, 4) is 5.75 Å². The average molecular weight is 251 g/mol. The molecule has 0 aliphatic carbocycles. The van der Waals surface area contributed by atoms with Crippen LogP contribution in [0.15, 0.2) is 18.2 Å². The van der Waals surface area contributed by atoms with Gasteiger partial charge in [-0.25, -0.2) is 4.79 Å². The highest BCUT2D eigenvalue weighted by Crippen LogP contribution is 2.34. The SMILES string of the molecule is CCOC(=O)N1CC(CO)Oc2ccc(C)cc21. The quantitative estimate of drug-likeness (QED) is 0.869. The van der Waals surface area contributed by atoms with Crippen molar-refractivity contribution in [2.75, 3.05) is 24.7 Å². The lowest BCUT2D eigenvalue weighted by Crippen LogP contribution is -2.45. The van der Waals surface area contributed by atoms with Crippen LogP contribution in [0.3, 0.4) is 0 Å². The summed E-state index contributed by atoms with van der Waals surface area (Å²) in [6.45, 7) is 4.19. The third-order valence-corrected chi connectivity index (χ3v) is 2.78. The summed E-state index contributed by atoms with van der Waals surface area (Å²) in [5, 5.41) is 9.20. The number of anilines is 1. The summed E-state index contributed by atoms with van der Waals surface area (Å²) in [6.07, 6.45) is -0.823. The topological polar surface area (TPSA) is 59.0 Å². The Kier molecular flexibility index (Phi) is 3.72. The van der Waals surface area contributed by atoms with Crippen LogP contribution in [0.4, 0.5) is 10.5 Å². The minimum Gasteiger partial charge on any atom is -0.484 e. The van der Waals surface area contributed by atoms with Gasteiger partial charge in [0, 0.05) is 0 Å². The molecule has 5 nitrogen and oxygen atoms in total. The second-order valence-corrected chi connectivity index (χ2v) is 4.20. The first-order valence-electron chi connectivity index (χ1n) is 5.98. The largest absolute Gasteiger partial charge is 0.484 e. The Morgan fingerprint density at radius 1 is 1.61 bits per heavy atom. The smallest absolute Gasteiger partial charge is 0.414 e. The average Bonchev–Trinajstić information content (AvgIpc) is 2.37. The Hall–Kier alpha value is -1.75. The molecule has 98 valence electrons. The predicted molar refractivity (Wildman–Crippen MR) is 67.0 cm³/mol. The van der Waals surface area contributed by atoms with E-state index in [1.807, 2.05) is 19.1 Å². The highest BCUT2D eigenvalue weighted by atomic mass is 16.6. The molecule has 5 heteroatoms. The van der Waals surface area contributed by atoms with Crippen LogP contribution in [0.1, 0.15) is 12.5 Å². The zero-order valence-corrected chi connectivity index (χ0v) is 10.5. The fourth-order valence-electron chi connectivity index (χ4n) is 1.93. The molecule has 0 spiro atoms. The van der Waals surface area contributed by atoms with Gasteiger partial charge in [0.1, 0.15) is 11.9 Å². The van der Waals surface area contributed by atoms with Gasteiger partial charge in [-0.2, -0.15) is 0 Å². The first kappa shape index (κ1) is 12.7. The van der Waals surface area contributed by atoms with E-state index < -0.39 is 12.2 Å². The number of aliphatic hydroxyl groups is 1. The van der Waals surface area contributed by atoms with Crippen molar-refractivity contribution < 1.29 is 19.4 Å². The van der Waals surface area contributed by atoms with Crippen LogP contribution in [0, 0.1) is 6.92 Å². The fourth-order valence-corrected chi connectivity index (χ4v) is 1.93. The number of carbonyl (C=O) groups is 1. The number of hydrogen-bond acceptors (Lipinski definition) is 4. The molecule has 1 unspecified atom stereocenters. The Labute approximate surface area is 106 Å². The van der Waals surface area contributed by atoms with E-state index in [1.54, 1.807) is 13.0 Å². The fraction of sp³-hybridized carbons (Fsp3) is 0.462. The lowest BCUT2D eigenvalue weighted by atomic mass is 10.1. The lowest BCUT2D eigenvalue weighted by molar-refractivity contribution is 0.105. The van der Waals surface area contributed by atoms with Gasteiger partial charge in [-0.3, -0.25) is 4.90 Å². The van der Waals surface area contributed by atoms with E-state index in [0.29, 0.717) is 24.6 Å². The second kappa shape index (κ2) is 5.27. The van der Waals surface area contributed by atoms with Crippen LogP contribution in [0.5, 0.6) is 5.75 Å². The van der Waals surface area contributed by atoms with E-state index in [-0.39, 0.29) is 6.61 Å². The number of amides is 1. The van der Waals surface area contributed by atoms with Gasteiger partial charge >= 0.3 is 6.09 Å². The molecule has 1 amide bonds. The van der Waals surface area contributed by atoms with Gasteiger partial charge in [0.15, 0.2) is 0 Å². The highest BCUT2D eigenvalue weighted by Gasteiger charge is 2.30. The van der Waals surface area contributed by atoms with Crippen LogP contribution in [0.2, 0.25) is 0 Å². The number of aliphatic hydroxyl groups excluding tert-OH is 1. The van der Waals surface area contributed by atoms with Crippen molar-refractivity contribution in [3.05, 3.63) is 23.8 Å². The molecule has 1 aliphatic rings. The summed E-state index contributed by atoms with van der Waals surface area (Å²) in [4.78, 5) is 13.4. The second-order valence-electron chi connectivity index (χ2n) is 4.20. The Morgan fingerprint density at radius 3 is 3.06 bits per heavy atom. The van der Waals surface area contributed by atoms with Crippen molar-refractivity contribution in [1.82, 2.24) is 0 Å². The van der Waals surface area contributed by atoms with Crippen LogP contribution in [-0.2, 0) is 4.74 Å². The Balaban J connectivity index is 2.34. The van der Waals surface area contributed by atoms with Crippen molar-refractivity contribution >= 4 is 11.8 Å². The van der Waals surface area contributed by atoms with Crippen molar-refractivity contribution in [2.24, 2.45) is 0 Å². The van der Waals surface area contributed by atoms with Gasteiger partial charge in [-0.15, -0.1) is 0 Å². The molecule has 1 aliphatic heterocycles. The summed E-state index contributed by atoms with van der Waals surface area (Å²) < 4.78 is 10.6. The maximum absolute atomic E-state index is 11.9. The van der Waals surface area contributed by atoms with Crippen LogP contribution in [-0.4, -0.2) is 37.1 Å². The number of ether oxygens (including phenoxy) is 2. The van der Waals surface area contributed by atoms with E-state index in [4.69, 9.17) is 9.47 Å². The van der Waals surface area contributed by atoms with E-state index in [1.165, 1.54) is 4.90 Å². The molecular weight excluding hydrogens is 234 g/mol. The molecule has 1 aromatic rings. The van der Waals surface area contributed by atoms with E-state index >= 15 is 0 Å². The Morgan fingerprint density at radius 2 is 2.39 bits per heavy atom. The molecule has 1 N–H and O–H groups in total. The maximum atomic E-state index is 11.9. The Bertz CT molecular complexity index is 447. The van der Waals surface area contributed by atoms with Gasteiger partial charge in [-0.05, 0) is 31.5 Å². The number of carbonyl (C=O) groups excluding carboxylic acids is 1. The summed E-state index contributed by atoms with van der Waals surface area (Å²) in [5.41, 5.74) is 1.73. The number of nitrogens with zero attached hydrogens (tertiary/aromatic N) is 1. The first-order chi connectivity index (χ1) is 8.65. The molecule has 1 heterocycles. The van der Waals surface area contributed by atoms with Crippen molar-refractivity contribution in [3.63, 3.8) is 0 Å². The summed E-state index contributed by atoms with van der Waals surface area (Å²) in [5.74, 6) is 0.596. The number of fused-ring (bicyclic) bond motifs is 1. The number of hydrogen-bond donors (Lipinski definition) is 1. The normalized spacial score (nSPS) is 17.9. The molecule has 2 rings (SSSR count). The van der Waals surface area contributed by atoms with E-state index in [0.717, 1.165) is 5.56 Å². The molecule has 0 saturated carbocycles. The van der Waals surface area contributed by atoms with E-state index in [2.05, 4.69) is 0 Å². The number of aryl methyl sites for hydroxylation is 1. The zero-order valence-electron chi connectivity index (χ0n) is 10.5. The van der Waals surface area contributed by atoms with Gasteiger partial charge in [0.2, 0.25) is 0 Å². The summed E-state index contributed by atoms with van der Waals surface area (Å²) in [6, 6.07) is 5.58. The number of benzene rings is 1. The van der Waals surface area contributed by atoms with Crippen LogP contribution in [0.25, 0.3) is 0 Å². The number of rotatable bonds is 2. The van der Waals surface area contributed by atoms with Gasteiger partial charge in [0.25, 0.3) is 0 Å². The van der Waals surface area contributed by atoms with Crippen LogP contribution >= 0.6 is 0 Å². The van der Waals surface area contributed by atoms with Crippen molar-refractivity contribution in [1.29, 1.82) is 0 Å². The molecule has 1 atom stereocenters. The summed E-state index contributed by atoms with van der Waals surface area (Å²) in [7, 11) is 0. The molecule has 0 saturated heterocycles. The zero-order chi connectivity index (χ0) is 13.1. The molecule has 0 radical (unpaired) electrons. The first-order valence-corrected chi connectivity index (χ1v) is 5.98. The maximum Gasteiger partial charge on any atom is 0.414 e.